The Morgan fingerprint density at radius 1 is 0.833 bits per heavy atom. The molecule has 0 aromatic rings. The van der Waals surface area contributed by atoms with E-state index in [9.17, 15) is 4.79 Å². The molecule has 0 aliphatic carbocycles. The third-order valence-electron chi connectivity index (χ3n) is 1.30. The Morgan fingerprint density at radius 3 is 1.25 bits per heavy atom. The SMILES string of the molecule is C[N+](C)(C)CC(=O)C[N+](C)(C)C. The highest BCUT2D eigenvalue weighted by atomic mass is 16.1. The van der Waals surface area contributed by atoms with Gasteiger partial charge in [0.15, 0.2) is 0 Å². The van der Waals surface area contributed by atoms with Crippen LogP contribution in [0.3, 0.4) is 0 Å². The van der Waals surface area contributed by atoms with E-state index in [0.717, 1.165) is 8.97 Å². The molecule has 0 saturated carbocycles. The summed E-state index contributed by atoms with van der Waals surface area (Å²) in [4.78, 5) is 11.4. The van der Waals surface area contributed by atoms with E-state index in [2.05, 4.69) is 0 Å². The second-order valence-electron chi connectivity index (χ2n) is 5.44. The third kappa shape index (κ3) is 7.69. The van der Waals surface area contributed by atoms with Crippen LogP contribution >= 0.6 is 0 Å². The van der Waals surface area contributed by atoms with Crippen molar-refractivity contribution in [1.82, 2.24) is 0 Å². The van der Waals surface area contributed by atoms with Gasteiger partial charge in [0.05, 0.1) is 42.3 Å². The van der Waals surface area contributed by atoms with E-state index in [1.807, 2.05) is 42.3 Å². The number of carbonyl (C=O) groups is 1. The molecular weight excluding hydrogens is 152 g/mol. The number of rotatable bonds is 4. The molecule has 0 rings (SSSR count). The molecule has 0 radical (unpaired) electrons. The quantitative estimate of drug-likeness (QED) is 0.547. The van der Waals surface area contributed by atoms with Gasteiger partial charge in [0.2, 0.25) is 5.78 Å². The highest BCUT2D eigenvalue weighted by Gasteiger charge is 2.20. The number of quaternary nitrogens is 2. The Kier molecular flexibility index (Phi) is 3.42. The van der Waals surface area contributed by atoms with Gasteiger partial charge in [-0.25, -0.2) is 0 Å². The first kappa shape index (κ1) is 11.6. The second-order valence-corrected chi connectivity index (χ2v) is 5.44. The van der Waals surface area contributed by atoms with Gasteiger partial charge in [-0.2, -0.15) is 0 Å². The first-order valence-corrected chi connectivity index (χ1v) is 4.23. The van der Waals surface area contributed by atoms with Crippen LogP contribution in [0.25, 0.3) is 0 Å². The Balaban J connectivity index is 3.92. The van der Waals surface area contributed by atoms with Crippen LogP contribution in [-0.2, 0) is 4.79 Å². The van der Waals surface area contributed by atoms with E-state index in [0.29, 0.717) is 18.9 Å². The summed E-state index contributed by atoms with van der Waals surface area (Å²) < 4.78 is 1.44. The molecule has 0 aliphatic heterocycles. The van der Waals surface area contributed by atoms with Crippen LogP contribution in [0.5, 0.6) is 0 Å². The minimum Gasteiger partial charge on any atom is -0.325 e. The number of Topliss-reactive ketones (excluding diaryl/α,β-unsaturated/α-hetero) is 1. The van der Waals surface area contributed by atoms with Gasteiger partial charge in [0.1, 0.15) is 13.1 Å². The molecule has 0 aliphatic rings. The number of nitrogens with zero attached hydrogens (tertiary/aromatic N) is 2. The van der Waals surface area contributed by atoms with Gasteiger partial charge in [-0.1, -0.05) is 0 Å². The van der Waals surface area contributed by atoms with Crippen LogP contribution in [0, 0.1) is 0 Å². The zero-order chi connectivity index (χ0) is 9.99. The molecule has 0 unspecified atom stereocenters. The van der Waals surface area contributed by atoms with E-state index in [4.69, 9.17) is 0 Å². The summed E-state index contributed by atoms with van der Waals surface area (Å²) in [5, 5.41) is 0. The minimum atomic E-state index is 0.329. The van der Waals surface area contributed by atoms with Gasteiger partial charge in [-0.05, 0) is 0 Å². The second kappa shape index (κ2) is 3.54. The molecule has 0 spiro atoms. The van der Waals surface area contributed by atoms with Gasteiger partial charge >= 0.3 is 0 Å². The smallest absolute Gasteiger partial charge is 0.240 e. The average Bonchev–Trinajstić information content (AvgIpc) is 1.49. The first-order valence-electron chi connectivity index (χ1n) is 4.23. The lowest BCUT2D eigenvalue weighted by atomic mass is 10.3. The molecule has 0 aromatic carbocycles. The molecule has 0 amide bonds. The fraction of sp³-hybridized carbons (Fsp3) is 0.889. The Morgan fingerprint density at radius 2 is 1.08 bits per heavy atom. The van der Waals surface area contributed by atoms with Gasteiger partial charge in [0, 0.05) is 0 Å². The van der Waals surface area contributed by atoms with Crippen molar-refractivity contribution in [2.24, 2.45) is 0 Å². The largest absolute Gasteiger partial charge is 0.325 e. The van der Waals surface area contributed by atoms with Crippen molar-refractivity contribution >= 4 is 5.78 Å². The van der Waals surface area contributed by atoms with E-state index >= 15 is 0 Å². The van der Waals surface area contributed by atoms with E-state index in [1.165, 1.54) is 0 Å². The highest BCUT2D eigenvalue weighted by molar-refractivity contribution is 5.80. The van der Waals surface area contributed by atoms with Crippen LogP contribution < -0.4 is 0 Å². The number of likely N-dealkylation sites (N-methyl/N-ethyl adjacent to an activating group) is 2. The van der Waals surface area contributed by atoms with Crippen LogP contribution in [-0.4, -0.2) is 70.1 Å². The van der Waals surface area contributed by atoms with Crippen molar-refractivity contribution in [3.63, 3.8) is 0 Å². The number of ketones is 1. The molecule has 0 heterocycles. The standard InChI is InChI=1S/C9H22N2O/c1-10(2,3)7-9(12)8-11(4,5)6/h7-8H2,1-6H3/q+2. The Labute approximate surface area is 75.8 Å². The molecule has 3 nitrogen and oxygen atoms in total. The fourth-order valence-electron chi connectivity index (χ4n) is 1.11. The van der Waals surface area contributed by atoms with Gasteiger partial charge in [-0.3, -0.25) is 4.79 Å². The zero-order valence-corrected chi connectivity index (χ0v) is 9.22. The maximum atomic E-state index is 11.4. The summed E-state index contributed by atoms with van der Waals surface area (Å²) in [7, 11) is 12.2. The first-order chi connectivity index (χ1) is 5.10. The lowest BCUT2D eigenvalue weighted by Crippen LogP contribution is -2.46. The van der Waals surface area contributed by atoms with Crippen molar-refractivity contribution < 1.29 is 13.8 Å². The number of hydrogen-bond acceptors (Lipinski definition) is 1. The van der Waals surface area contributed by atoms with Gasteiger partial charge < -0.3 is 8.97 Å². The average molecular weight is 174 g/mol. The summed E-state index contributed by atoms with van der Waals surface area (Å²) in [5.41, 5.74) is 0. The molecule has 3 heteroatoms. The van der Waals surface area contributed by atoms with E-state index < -0.39 is 0 Å². The van der Waals surface area contributed by atoms with E-state index in [1.54, 1.807) is 0 Å². The number of hydrogen-bond donors (Lipinski definition) is 0. The molecule has 0 N–H and O–H groups in total. The molecule has 0 saturated heterocycles. The minimum absolute atomic E-state index is 0.329. The molecule has 72 valence electrons. The molecular formula is C9H22N2O+2. The van der Waals surface area contributed by atoms with Crippen molar-refractivity contribution in [3.8, 4) is 0 Å². The molecule has 0 atom stereocenters. The Hall–Kier alpha value is -0.410. The number of carbonyl (C=O) groups excluding carboxylic acids is 1. The molecule has 12 heavy (non-hydrogen) atoms. The summed E-state index contributed by atoms with van der Waals surface area (Å²) in [6, 6.07) is 0. The lowest BCUT2D eigenvalue weighted by Gasteiger charge is -2.26. The predicted molar refractivity (Wildman–Crippen MR) is 50.8 cm³/mol. The normalized spacial score (nSPS) is 13.2. The van der Waals surface area contributed by atoms with Crippen LogP contribution in [0.2, 0.25) is 0 Å². The third-order valence-corrected chi connectivity index (χ3v) is 1.30. The predicted octanol–water partition coefficient (Wildman–Crippen LogP) is -0.0321. The van der Waals surface area contributed by atoms with Crippen molar-refractivity contribution in [3.05, 3.63) is 0 Å². The van der Waals surface area contributed by atoms with E-state index in [-0.39, 0.29) is 0 Å². The fourth-order valence-corrected chi connectivity index (χ4v) is 1.11. The van der Waals surface area contributed by atoms with Crippen molar-refractivity contribution in [2.45, 2.75) is 0 Å². The summed E-state index contributed by atoms with van der Waals surface area (Å²) in [6.45, 7) is 1.24. The molecule has 0 aromatic heterocycles. The maximum Gasteiger partial charge on any atom is 0.240 e. The summed E-state index contributed by atoms with van der Waals surface area (Å²) in [6.07, 6.45) is 0. The van der Waals surface area contributed by atoms with Crippen molar-refractivity contribution in [1.29, 1.82) is 0 Å². The molecule has 0 fully saturated rings. The highest BCUT2D eigenvalue weighted by Crippen LogP contribution is 1.95. The summed E-state index contributed by atoms with van der Waals surface area (Å²) in [5.74, 6) is 0.329. The van der Waals surface area contributed by atoms with Gasteiger partial charge in [0.25, 0.3) is 0 Å². The molecule has 0 bridgehead atoms. The topological polar surface area (TPSA) is 17.1 Å². The summed E-state index contributed by atoms with van der Waals surface area (Å²) >= 11 is 0. The Bertz CT molecular complexity index is 144. The maximum absolute atomic E-state index is 11.4. The van der Waals surface area contributed by atoms with Crippen LogP contribution in [0.4, 0.5) is 0 Å². The van der Waals surface area contributed by atoms with Crippen LogP contribution in [0.1, 0.15) is 0 Å². The lowest BCUT2D eigenvalue weighted by molar-refractivity contribution is -0.874. The monoisotopic (exact) mass is 174 g/mol. The zero-order valence-electron chi connectivity index (χ0n) is 9.22. The van der Waals surface area contributed by atoms with Gasteiger partial charge in [-0.15, -0.1) is 0 Å². The van der Waals surface area contributed by atoms with Crippen LogP contribution in [0.15, 0.2) is 0 Å². The van der Waals surface area contributed by atoms with Crippen molar-refractivity contribution in [2.75, 3.05) is 55.4 Å².